The third-order valence-electron chi connectivity index (χ3n) is 9.18. The molecule has 0 spiro atoms. The fourth-order valence-corrected chi connectivity index (χ4v) is 11.0. The fourth-order valence-electron chi connectivity index (χ4n) is 6.73. The summed E-state index contributed by atoms with van der Waals surface area (Å²) in [7, 11) is -2.95. The fraction of sp³-hybridized carbons (Fsp3) is 0.583. The predicted molar refractivity (Wildman–Crippen MR) is 173 cm³/mol. The van der Waals surface area contributed by atoms with Crippen molar-refractivity contribution in [3.63, 3.8) is 0 Å². The Balaban J connectivity index is 1.54. The number of unbranched alkanes of at least 4 members (excludes halogenated alkanes) is 3. The van der Waals surface area contributed by atoms with Crippen LogP contribution in [0.1, 0.15) is 98.3 Å². The number of halogens is 2. The highest BCUT2D eigenvalue weighted by Gasteiger charge is 2.53. The van der Waals surface area contributed by atoms with Crippen molar-refractivity contribution in [2.45, 2.75) is 121 Å². The summed E-state index contributed by atoms with van der Waals surface area (Å²) < 4.78 is 34.9. The van der Waals surface area contributed by atoms with Crippen LogP contribution in [0.5, 0.6) is 0 Å². The summed E-state index contributed by atoms with van der Waals surface area (Å²) in [5.74, 6) is -3.16. The van der Waals surface area contributed by atoms with Crippen LogP contribution in [0.15, 0.2) is 72.8 Å². The van der Waals surface area contributed by atoms with Crippen molar-refractivity contribution >= 4 is 24.7 Å². The molecule has 3 rings (SSSR count). The lowest BCUT2D eigenvalue weighted by atomic mass is 9.85. The van der Waals surface area contributed by atoms with Gasteiger partial charge in [-0.05, 0) is 78.6 Å². The van der Waals surface area contributed by atoms with Crippen molar-refractivity contribution in [2.75, 3.05) is 0 Å². The van der Waals surface area contributed by atoms with Gasteiger partial charge in [-0.1, -0.05) is 107 Å². The molecular weight excluding hydrogens is 562 g/mol. The zero-order valence-electron chi connectivity index (χ0n) is 26.5. The zero-order valence-corrected chi connectivity index (χ0v) is 27.5. The minimum absolute atomic E-state index is 0.0700. The number of hydrogen-bond acceptors (Lipinski definition) is 4. The number of aliphatic hydroxyl groups is 2. The van der Waals surface area contributed by atoms with Gasteiger partial charge in [0.2, 0.25) is 0 Å². The van der Waals surface area contributed by atoms with E-state index < -0.39 is 26.4 Å². The normalized spacial score (nSPS) is 20.4. The van der Waals surface area contributed by atoms with Crippen LogP contribution >= 0.6 is 0 Å². The van der Waals surface area contributed by atoms with Crippen molar-refractivity contribution < 1.29 is 28.2 Å². The van der Waals surface area contributed by atoms with Gasteiger partial charge in [0.15, 0.2) is 0 Å². The quantitative estimate of drug-likeness (QED) is 0.116. The van der Waals surface area contributed by atoms with E-state index in [1.54, 1.807) is 6.08 Å². The summed E-state index contributed by atoms with van der Waals surface area (Å²) in [6.07, 6.45) is 7.53. The van der Waals surface area contributed by atoms with E-state index >= 15 is 0 Å². The lowest BCUT2D eigenvalue weighted by Gasteiger charge is -2.41. The largest absolute Gasteiger partial charge is 0.506 e. The van der Waals surface area contributed by atoms with Gasteiger partial charge in [-0.2, -0.15) is 0 Å². The summed E-state index contributed by atoms with van der Waals surface area (Å²) >= 11 is 0. The van der Waals surface area contributed by atoms with Crippen LogP contribution in [-0.2, 0) is 9.22 Å². The Morgan fingerprint density at radius 2 is 1.58 bits per heavy atom. The van der Waals surface area contributed by atoms with Crippen LogP contribution in [0.2, 0.25) is 5.04 Å². The lowest BCUT2D eigenvalue weighted by Crippen LogP contribution is -2.67. The number of carbonyl (C=O) groups is 1. The maximum absolute atomic E-state index is 14.2. The lowest BCUT2D eigenvalue weighted by molar-refractivity contribution is -0.129. The molecule has 1 saturated carbocycles. The second-order valence-electron chi connectivity index (χ2n) is 13.3. The van der Waals surface area contributed by atoms with Crippen LogP contribution < -0.4 is 10.4 Å². The zero-order chi connectivity index (χ0) is 31.5. The summed E-state index contributed by atoms with van der Waals surface area (Å²) in [6.45, 7) is 8.28. The van der Waals surface area contributed by atoms with E-state index in [0.29, 0.717) is 32.1 Å². The van der Waals surface area contributed by atoms with Gasteiger partial charge < -0.3 is 14.6 Å². The summed E-state index contributed by atoms with van der Waals surface area (Å²) in [5.41, 5.74) is 0. The topological polar surface area (TPSA) is 66.8 Å². The van der Waals surface area contributed by atoms with E-state index in [1.165, 1.54) is 0 Å². The molecule has 43 heavy (non-hydrogen) atoms. The maximum atomic E-state index is 14.2. The Hall–Kier alpha value is -2.35. The minimum Gasteiger partial charge on any atom is -0.506 e. The highest BCUT2D eigenvalue weighted by Crippen LogP contribution is 2.40. The van der Waals surface area contributed by atoms with Gasteiger partial charge in [0.25, 0.3) is 5.92 Å². The number of hydrogen-bond donors (Lipinski definition) is 2. The van der Waals surface area contributed by atoms with Crippen LogP contribution in [0.4, 0.5) is 8.78 Å². The SMILES string of the molecule is CCCCC(F)(F)C(O)CC[C@H]1CC[C@H](O)[C@@H]1CCCC/C=C/C(=O)O[Si](c1ccccc1)(c1ccccc1)C(C)(C)C. The average molecular weight is 615 g/mol. The van der Waals surface area contributed by atoms with E-state index in [2.05, 4.69) is 45.0 Å². The molecule has 2 aromatic rings. The molecule has 0 saturated heterocycles. The molecule has 2 aromatic carbocycles. The smallest absolute Gasteiger partial charge is 0.324 e. The first-order chi connectivity index (χ1) is 20.4. The van der Waals surface area contributed by atoms with Crippen LogP contribution in [0, 0.1) is 11.8 Å². The number of rotatable bonds is 16. The Kier molecular flexibility index (Phi) is 13.2. The molecule has 4 nitrogen and oxygen atoms in total. The van der Waals surface area contributed by atoms with E-state index in [4.69, 9.17) is 4.43 Å². The van der Waals surface area contributed by atoms with Gasteiger partial charge in [-0.15, -0.1) is 0 Å². The standard InChI is InChI=1S/C36H52F2O4Si/c1-5-6-27-36(37,38)33(40)26-24-28-23-25-32(39)31(28)21-15-7-8-16-22-34(41)42-43(35(2,3)4,29-17-11-9-12-18-29)30-19-13-10-14-20-30/h9-14,16-20,22,28,31-33,39-40H,5-8,15,21,23-27H2,1-4H3/b22-16+/t28-,31-,32+,33?/m1/s1. The van der Waals surface area contributed by atoms with E-state index in [-0.39, 0.29) is 35.7 Å². The van der Waals surface area contributed by atoms with Gasteiger partial charge in [0.1, 0.15) is 6.10 Å². The molecule has 0 radical (unpaired) electrons. The number of alkyl halides is 2. The molecule has 0 bridgehead atoms. The molecule has 7 heteroatoms. The first kappa shape index (κ1) is 35.1. The Labute approximate surface area is 258 Å². The third kappa shape index (κ3) is 9.32. The minimum atomic E-state index is -3.05. The summed E-state index contributed by atoms with van der Waals surface area (Å²) in [5, 5.41) is 22.5. The second kappa shape index (κ2) is 16.1. The number of benzene rings is 2. The molecule has 2 N–H and O–H groups in total. The molecule has 1 aliphatic carbocycles. The van der Waals surface area contributed by atoms with Crippen molar-refractivity contribution in [3.05, 3.63) is 72.8 Å². The second-order valence-corrected chi connectivity index (χ2v) is 17.5. The third-order valence-corrected chi connectivity index (χ3v) is 14.1. The Morgan fingerprint density at radius 3 is 2.14 bits per heavy atom. The molecule has 0 heterocycles. The molecule has 1 fully saturated rings. The average Bonchev–Trinajstić information content (AvgIpc) is 3.34. The molecular formula is C36H52F2O4Si. The van der Waals surface area contributed by atoms with Crippen molar-refractivity contribution in [2.24, 2.45) is 11.8 Å². The maximum Gasteiger partial charge on any atom is 0.324 e. The molecule has 4 atom stereocenters. The van der Waals surface area contributed by atoms with E-state index in [0.717, 1.165) is 36.1 Å². The van der Waals surface area contributed by atoms with E-state index in [1.807, 2.05) is 49.4 Å². The summed E-state index contributed by atoms with van der Waals surface area (Å²) in [6, 6.07) is 20.2. The first-order valence-corrected chi connectivity index (χ1v) is 18.1. The number of carbonyl (C=O) groups excluding carboxylic acids is 1. The number of aliphatic hydroxyl groups excluding tert-OH is 2. The van der Waals surface area contributed by atoms with Crippen molar-refractivity contribution in [1.82, 2.24) is 0 Å². The molecule has 0 amide bonds. The molecule has 0 aliphatic heterocycles. The number of allylic oxidation sites excluding steroid dienone is 1. The molecule has 1 unspecified atom stereocenters. The van der Waals surface area contributed by atoms with Gasteiger partial charge in [-0.3, -0.25) is 0 Å². The highest BCUT2D eigenvalue weighted by molar-refractivity contribution is 7.00. The Bertz CT molecular complexity index is 1090. The highest BCUT2D eigenvalue weighted by atomic mass is 28.4. The van der Waals surface area contributed by atoms with Gasteiger partial charge in [-0.25, -0.2) is 13.6 Å². The van der Waals surface area contributed by atoms with Crippen LogP contribution in [0.3, 0.4) is 0 Å². The van der Waals surface area contributed by atoms with Crippen LogP contribution in [0.25, 0.3) is 0 Å². The van der Waals surface area contributed by atoms with Gasteiger partial charge in [0.05, 0.1) is 6.10 Å². The van der Waals surface area contributed by atoms with Crippen molar-refractivity contribution in [3.8, 4) is 0 Å². The van der Waals surface area contributed by atoms with E-state index in [9.17, 15) is 23.8 Å². The summed E-state index contributed by atoms with van der Waals surface area (Å²) in [4.78, 5) is 13.3. The van der Waals surface area contributed by atoms with Gasteiger partial charge >= 0.3 is 14.3 Å². The molecule has 238 valence electrons. The molecule has 1 aliphatic rings. The van der Waals surface area contributed by atoms with Crippen molar-refractivity contribution in [1.29, 1.82) is 0 Å². The first-order valence-electron chi connectivity index (χ1n) is 16.2. The predicted octanol–water partition coefficient (Wildman–Crippen LogP) is 7.56. The molecule has 0 aromatic heterocycles. The van der Waals surface area contributed by atoms with Crippen LogP contribution in [-0.4, -0.2) is 42.6 Å². The Morgan fingerprint density at radius 1 is 0.977 bits per heavy atom. The monoisotopic (exact) mass is 614 g/mol. The van der Waals surface area contributed by atoms with Gasteiger partial charge in [0, 0.05) is 12.5 Å².